The van der Waals surface area contributed by atoms with Crippen molar-refractivity contribution in [2.75, 3.05) is 32.0 Å². The van der Waals surface area contributed by atoms with Gasteiger partial charge in [-0.15, -0.1) is 0 Å². The van der Waals surface area contributed by atoms with Gasteiger partial charge in [-0.25, -0.2) is 0 Å². The smallest absolute Gasteiger partial charge is 0.263 e. The number of amides is 1. The van der Waals surface area contributed by atoms with Crippen LogP contribution in [0.25, 0.3) is 0 Å². The molecular formula is C15H21N3O2. The third-order valence-electron chi connectivity index (χ3n) is 4.11. The number of nitrogens with one attached hydrogen (secondary N) is 2. The van der Waals surface area contributed by atoms with Crippen LogP contribution in [-0.2, 0) is 4.79 Å². The summed E-state index contributed by atoms with van der Waals surface area (Å²) in [6.45, 7) is 2.34. The lowest BCUT2D eigenvalue weighted by Crippen LogP contribution is -2.48. The number of carbonyl (C=O) groups excluding carboxylic acids is 1. The fourth-order valence-corrected chi connectivity index (χ4v) is 2.83. The van der Waals surface area contributed by atoms with E-state index in [9.17, 15) is 4.79 Å². The summed E-state index contributed by atoms with van der Waals surface area (Å²) in [5.74, 6) is 0.712. The van der Waals surface area contributed by atoms with Crippen LogP contribution in [0.5, 0.6) is 5.75 Å². The van der Waals surface area contributed by atoms with Gasteiger partial charge in [0.2, 0.25) is 0 Å². The number of hydrogen-bond donors (Lipinski definition) is 2. The number of hydrogen-bond acceptors (Lipinski definition) is 4. The van der Waals surface area contributed by atoms with Crippen LogP contribution < -0.4 is 15.4 Å². The summed E-state index contributed by atoms with van der Waals surface area (Å²) in [6, 6.07) is 8.16. The Kier molecular flexibility index (Phi) is 3.78. The molecule has 2 unspecified atom stereocenters. The Morgan fingerprint density at radius 1 is 1.50 bits per heavy atom. The minimum Gasteiger partial charge on any atom is -0.477 e. The molecule has 5 nitrogen and oxygen atoms in total. The number of para-hydroxylation sites is 2. The molecule has 1 aromatic rings. The second-order valence-corrected chi connectivity index (χ2v) is 5.51. The van der Waals surface area contributed by atoms with Crippen LogP contribution in [0.3, 0.4) is 0 Å². The van der Waals surface area contributed by atoms with E-state index in [1.165, 1.54) is 6.42 Å². The van der Waals surface area contributed by atoms with Gasteiger partial charge in [-0.2, -0.15) is 0 Å². The van der Waals surface area contributed by atoms with Crippen LogP contribution in [0.15, 0.2) is 24.3 Å². The van der Waals surface area contributed by atoms with Gasteiger partial charge in [-0.3, -0.25) is 4.79 Å². The standard InChI is InChI=1S/C15H21N3O2/c1-18-8-4-5-11(18)9-17-15(19)14-10-16-12-6-2-3-7-13(12)20-14/h2-3,6-7,11,14,16H,4-5,8-10H2,1H3,(H,17,19). The first-order valence-corrected chi connectivity index (χ1v) is 7.21. The summed E-state index contributed by atoms with van der Waals surface area (Å²) in [4.78, 5) is 14.5. The molecule has 1 saturated heterocycles. The van der Waals surface area contributed by atoms with Crippen LogP contribution in [0.1, 0.15) is 12.8 Å². The van der Waals surface area contributed by atoms with Crippen molar-refractivity contribution < 1.29 is 9.53 Å². The maximum atomic E-state index is 12.2. The molecule has 3 rings (SSSR count). The number of likely N-dealkylation sites (N-methyl/N-ethyl adjacent to an activating group) is 1. The van der Waals surface area contributed by atoms with Crippen molar-refractivity contribution >= 4 is 11.6 Å². The molecule has 108 valence electrons. The highest BCUT2D eigenvalue weighted by molar-refractivity contribution is 5.83. The number of anilines is 1. The van der Waals surface area contributed by atoms with Crippen molar-refractivity contribution in [3.63, 3.8) is 0 Å². The third-order valence-corrected chi connectivity index (χ3v) is 4.11. The summed E-state index contributed by atoms with van der Waals surface area (Å²) in [5.41, 5.74) is 0.951. The monoisotopic (exact) mass is 275 g/mol. The molecule has 2 heterocycles. The van der Waals surface area contributed by atoms with Crippen molar-refractivity contribution in [1.82, 2.24) is 10.2 Å². The zero-order chi connectivity index (χ0) is 13.9. The van der Waals surface area contributed by atoms with Gasteiger partial charge in [0.1, 0.15) is 5.75 Å². The normalized spacial score (nSPS) is 25.4. The molecule has 0 radical (unpaired) electrons. The Morgan fingerprint density at radius 3 is 3.15 bits per heavy atom. The van der Waals surface area contributed by atoms with Crippen molar-refractivity contribution in [2.45, 2.75) is 25.0 Å². The van der Waals surface area contributed by atoms with Gasteiger partial charge in [0.25, 0.3) is 5.91 Å². The predicted molar refractivity (Wildman–Crippen MR) is 78.0 cm³/mol. The Balaban J connectivity index is 1.54. The average Bonchev–Trinajstić information content (AvgIpc) is 2.89. The molecule has 2 atom stereocenters. The number of nitrogens with zero attached hydrogens (tertiary/aromatic N) is 1. The molecule has 2 aliphatic heterocycles. The first kappa shape index (κ1) is 13.2. The number of fused-ring (bicyclic) bond motifs is 1. The Labute approximate surface area is 119 Å². The quantitative estimate of drug-likeness (QED) is 0.866. The highest BCUT2D eigenvalue weighted by atomic mass is 16.5. The lowest BCUT2D eigenvalue weighted by atomic mass is 10.2. The second-order valence-electron chi connectivity index (χ2n) is 5.51. The SMILES string of the molecule is CN1CCCC1CNC(=O)C1CNc2ccccc2O1. The van der Waals surface area contributed by atoms with E-state index in [0.29, 0.717) is 19.1 Å². The molecular weight excluding hydrogens is 254 g/mol. The zero-order valence-electron chi connectivity index (χ0n) is 11.8. The molecule has 20 heavy (non-hydrogen) atoms. The van der Waals surface area contributed by atoms with Crippen LogP contribution in [-0.4, -0.2) is 49.6 Å². The average molecular weight is 275 g/mol. The van der Waals surface area contributed by atoms with Crippen LogP contribution in [0.4, 0.5) is 5.69 Å². The molecule has 0 bridgehead atoms. The Hall–Kier alpha value is -1.75. The molecule has 1 fully saturated rings. The highest BCUT2D eigenvalue weighted by Gasteiger charge is 2.27. The van der Waals surface area contributed by atoms with Crippen molar-refractivity contribution in [3.8, 4) is 5.75 Å². The fraction of sp³-hybridized carbons (Fsp3) is 0.533. The molecule has 0 aliphatic carbocycles. The molecule has 0 spiro atoms. The molecule has 5 heteroatoms. The maximum absolute atomic E-state index is 12.2. The van der Waals surface area contributed by atoms with Crippen molar-refractivity contribution in [2.24, 2.45) is 0 Å². The fourth-order valence-electron chi connectivity index (χ4n) is 2.83. The van der Waals surface area contributed by atoms with E-state index in [-0.39, 0.29) is 5.91 Å². The van der Waals surface area contributed by atoms with E-state index in [1.807, 2.05) is 24.3 Å². The molecule has 2 aliphatic rings. The van der Waals surface area contributed by atoms with Gasteiger partial charge in [0.15, 0.2) is 6.10 Å². The van der Waals surface area contributed by atoms with E-state index >= 15 is 0 Å². The van der Waals surface area contributed by atoms with Crippen molar-refractivity contribution in [3.05, 3.63) is 24.3 Å². The Morgan fingerprint density at radius 2 is 2.35 bits per heavy atom. The molecule has 1 amide bonds. The number of ether oxygens (including phenoxy) is 1. The maximum Gasteiger partial charge on any atom is 0.263 e. The first-order valence-electron chi connectivity index (χ1n) is 7.21. The number of rotatable bonds is 3. The van der Waals surface area contributed by atoms with Crippen molar-refractivity contribution in [1.29, 1.82) is 0 Å². The molecule has 0 saturated carbocycles. The predicted octanol–water partition coefficient (Wildman–Crippen LogP) is 1.07. The lowest BCUT2D eigenvalue weighted by molar-refractivity contribution is -0.127. The largest absolute Gasteiger partial charge is 0.477 e. The van der Waals surface area contributed by atoms with E-state index in [2.05, 4.69) is 22.6 Å². The second kappa shape index (κ2) is 5.71. The van der Waals surface area contributed by atoms with E-state index in [1.54, 1.807) is 0 Å². The molecule has 2 N–H and O–H groups in total. The van der Waals surface area contributed by atoms with E-state index < -0.39 is 6.10 Å². The lowest BCUT2D eigenvalue weighted by Gasteiger charge is -2.27. The van der Waals surface area contributed by atoms with E-state index in [4.69, 9.17) is 4.74 Å². The van der Waals surface area contributed by atoms with Gasteiger partial charge in [0.05, 0.1) is 12.2 Å². The van der Waals surface area contributed by atoms with E-state index in [0.717, 1.165) is 24.4 Å². The minimum atomic E-state index is -0.448. The molecule has 0 aromatic heterocycles. The third kappa shape index (κ3) is 2.72. The summed E-state index contributed by atoms with van der Waals surface area (Å²) in [6.07, 6.45) is 1.92. The first-order chi connectivity index (χ1) is 9.74. The van der Waals surface area contributed by atoms with Crippen LogP contribution >= 0.6 is 0 Å². The number of likely N-dealkylation sites (tertiary alicyclic amines) is 1. The summed E-state index contributed by atoms with van der Waals surface area (Å²) < 4.78 is 5.75. The summed E-state index contributed by atoms with van der Waals surface area (Å²) in [7, 11) is 2.11. The van der Waals surface area contributed by atoms with Gasteiger partial charge in [-0.1, -0.05) is 12.1 Å². The van der Waals surface area contributed by atoms with Gasteiger partial charge < -0.3 is 20.3 Å². The van der Waals surface area contributed by atoms with Crippen LogP contribution in [0, 0.1) is 0 Å². The Bertz CT molecular complexity index is 492. The topological polar surface area (TPSA) is 53.6 Å². The number of benzene rings is 1. The molecule has 1 aromatic carbocycles. The summed E-state index contributed by atoms with van der Waals surface area (Å²) in [5, 5.41) is 6.24. The van der Waals surface area contributed by atoms with Gasteiger partial charge >= 0.3 is 0 Å². The van der Waals surface area contributed by atoms with Gasteiger partial charge in [0, 0.05) is 12.6 Å². The summed E-state index contributed by atoms with van der Waals surface area (Å²) >= 11 is 0. The minimum absolute atomic E-state index is 0.0349. The zero-order valence-corrected chi connectivity index (χ0v) is 11.8. The van der Waals surface area contributed by atoms with Crippen LogP contribution in [0.2, 0.25) is 0 Å². The number of carbonyl (C=O) groups is 1. The highest BCUT2D eigenvalue weighted by Crippen LogP contribution is 2.28. The van der Waals surface area contributed by atoms with Gasteiger partial charge in [-0.05, 0) is 38.6 Å².